The van der Waals surface area contributed by atoms with Crippen molar-refractivity contribution in [2.45, 2.75) is 76.9 Å². The highest BCUT2D eigenvalue weighted by Gasteiger charge is 2.44. The first kappa shape index (κ1) is 22.6. The van der Waals surface area contributed by atoms with E-state index in [-0.39, 0.29) is 30.0 Å². The molecule has 1 unspecified atom stereocenters. The largest absolute Gasteiger partial charge is 0.494 e. The number of rotatable bonds is 7. The molecule has 1 aliphatic carbocycles. The SMILES string of the molecule is CCCCn1c(O)c(C(=N)N)c(=O)n(C2CCC(CC3(C)NC(=O)NC3=O)CC2)c1=O. The number of imide groups is 1. The average Bonchev–Trinajstić information content (AvgIpc) is 2.94. The minimum atomic E-state index is -0.960. The summed E-state index contributed by atoms with van der Waals surface area (Å²) in [6, 6.07) is -0.885. The third kappa shape index (κ3) is 4.21. The molecule has 3 rings (SSSR count). The summed E-state index contributed by atoms with van der Waals surface area (Å²) in [6.07, 6.45) is 4.28. The van der Waals surface area contributed by atoms with Gasteiger partial charge in [-0.25, -0.2) is 9.59 Å². The van der Waals surface area contributed by atoms with Crippen LogP contribution >= 0.6 is 0 Å². The molecule has 2 heterocycles. The molecular weight excluding hydrogens is 404 g/mol. The fraction of sp³-hybridized carbons (Fsp3) is 0.650. The van der Waals surface area contributed by atoms with Crippen molar-refractivity contribution in [2.24, 2.45) is 11.7 Å². The van der Waals surface area contributed by atoms with Gasteiger partial charge in [0.05, 0.1) is 0 Å². The number of carbonyl (C=O) groups is 2. The standard InChI is InChI=1S/C20H30N6O5/c1-3-4-9-25-15(27)13(14(21)22)16(28)26(19(25)31)12-7-5-11(6-8-12)10-20(2)17(29)23-18(30)24-20/h11-12,27H,3-10H2,1-2H3,(H3,21,22)(H2,23,24,29,30). The number of hydrogen-bond acceptors (Lipinski definition) is 6. The van der Waals surface area contributed by atoms with Crippen molar-refractivity contribution < 1.29 is 14.7 Å². The Morgan fingerprint density at radius 1 is 1.23 bits per heavy atom. The summed E-state index contributed by atoms with van der Waals surface area (Å²) < 4.78 is 2.24. The second kappa shape index (κ2) is 8.56. The average molecular weight is 434 g/mol. The number of amidine groups is 1. The maximum absolute atomic E-state index is 13.0. The Kier molecular flexibility index (Phi) is 6.23. The van der Waals surface area contributed by atoms with Gasteiger partial charge in [-0.05, 0) is 51.4 Å². The smallest absolute Gasteiger partial charge is 0.334 e. The van der Waals surface area contributed by atoms with Gasteiger partial charge < -0.3 is 16.2 Å². The molecule has 0 spiro atoms. The predicted octanol–water partition coefficient (Wildman–Crippen LogP) is 0.519. The van der Waals surface area contributed by atoms with Crippen LogP contribution in [0.2, 0.25) is 0 Å². The molecule has 170 valence electrons. The van der Waals surface area contributed by atoms with Crippen molar-refractivity contribution in [3.8, 4) is 5.88 Å². The number of hydrogen-bond donors (Lipinski definition) is 5. The maximum atomic E-state index is 13.0. The molecule has 1 aromatic rings. The molecule has 11 nitrogen and oxygen atoms in total. The Labute approximate surface area is 179 Å². The molecule has 0 radical (unpaired) electrons. The van der Waals surface area contributed by atoms with Crippen LogP contribution in [0.25, 0.3) is 0 Å². The van der Waals surface area contributed by atoms with Gasteiger partial charge in [0.1, 0.15) is 16.9 Å². The quantitative estimate of drug-likeness (QED) is 0.238. The van der Waals surface area contributed by atoms with E-state index in [2.05, 4.69) is 10.6 Å². The third-order valence-corrected chi connectivity index (χ3v) is 6.35. The molecule has 31 heavy (non-hydrogen) atoms. The molecule has 2 fully saturated rings. The Hall–Kier alpha value is -3.11. The van der Waals surface area contributed by atoms with Gasteiger partial charge in [-0.3, -0.25) is 29.4 Å². The number of carbonyl (C=O) groups excluding carboxylic acids is 2. The highest BCUT2D eigenvalue weighted by atomic mass is 16.3. The van der Waals surface area contributed by atoms with Gasteiger partial charge in [0.25, 0.3) is 11.5 Å². The van der Waals surface area contributed by atoms with Crippen molar-refractivity contribution in [2.75, 3.05) is 0 Å². The maximum Gasteiger partial charge on any atom is 0.334 e. The number of nitrogens with two attached hydrogens (primary N) is 1. The second-order valence-corrected chi connectivity index (χ2v) is 8.69. The van der Waals surface area contributed by atoms with E-state index in [1.165, 1.54) is 0 Å². The fourth-order valence-electron chi connectivity index (χ4n) is 4.64. The molecule has 1 saturated heterocycles. The van der Waals surface area contributed by atoms with Crippen LogP contribution in [0, 0.1) is 11.3 Å². The first-order valence-corrected chi connectivity index (χ1v) is 10.6. The number of amides is 3. The molecule has 3 amide bonds. The number of aromatic nitrogens is 2. The van der Waals surface area contributed by atoms with E-state index in [1.807, 2.05) is 6.92 Å². The number of aromatic hydroxyl groups is 1. The molecule has 0 bridgehead atoms. The summed E-state index contributed by atoms with van der Waals surface area (Å²) in [5, 5.41) is 23.0. The van der Waals surface area contributed by atoms with Crippen molar-refractivity contribution in [1.29, 1.82) is 5.41 Å². The fourth-order valence-corrected chi connectivity index (χ4v) is 4.64. The summed E-state index contributed by atoms with van der Waals surface area (Å²) in [5.74, 6) is -1.34. The van der Waals surface area contributed by atoms with Gasteiger partial charge >= 0.3 is 11.7 Å². The lowest BCUT2D eigenvalue weighted by atomic mass is 9.78. The van der Waals surface area contributed by atoms with Crippen LogP contribution in [0.5, 0.6) is 5.88 Å². The van der Waals surface area contributed by atoms with Gasteiger partial charge in [0, 0.05) is 12.6 Å². The number of nitrogens with zero attached hydrogens (tertiary/aromatic N) is 2. The lowest BCUT2D eigenvalue weighted by molar-refractivity contribution is -0.124. The third-order valence-electron chi connectivity index (χ3n) is 6.35. The van der Waals surface area contributed by atoms with E-state index >= 15 is 0 Å². The lowest BCUT2D eigenvalue weighted by Gasteiger charge is -2.33. The van der Waals surface area contributed by atoms with Gasteiger partial charge in [-0.2, -0.15) is 0 Å². The zero-order valence-electron chi connectivity index (χ0n) is 17.9. The van der Waals surface area contributed by atoms with Gasteiger partial charge in [-0.1, -0.05) is 13.3 Å². The normalized spacial score (nSPS) is 25.9. The van der Waals surface area contributed by atoms with Crippen molar-refractivity contribution in [3.63, 3.8) is 0 Å². The monoisotopic (exact) mass is 434 g/mol. The molecule has 0 aromatic carbocycles. The number of urea groups is 1. The summed E-state index contributed by atoms with van der Waals surface area (Å²) in [5.41, 5.74) is 2.88. The molecule has 6 N–H and O–H groups in total. The van der Waals surface area contributed by atoms with E-state index in [4.69, 9.17) is 11.1 Å². The Morgan fingerprint density at radius 2 is 1.87 bits per heavy atom. The van der Waals surface area contributed by atoms with Gasteiger partial charge in [0.2, 0.25) is 5.88 Å². The first-order chi connectivity index (χ1) is 14.6. The molecule has 1 aliphatic heterocycles. The lowest BCUT2D eigenvalue weighted by Crippen LogP contribution is -2.47. The van der Waals surface area contributed by atoms with E-state index in [0.717, 1.165) is 15.6 Å². The Bertz CT molecular complexity index is 1020. The molecule has 1 aromatic heterocycles. The zero-order valence-corrected chi connectivity index (χ0v) is 17.9. The first-order valence-electron chi connectivity index (χ1n) is 10.6. The Morgan fingerprint density at radius 3 is 2.39 bits per heavy atom. The summed E-state index contributed by atoms with van der Waals surface area (Å²) >= 11 is 0. The topological polar surface area (TPSA) is 172 Å². The van der Waals surface area contributed by atoms with Crippen LogP contribution in [0.3, 0.4) is 0 Å². The van der Waals surface area contributed by atoms with Crippen LogP contribution < -0.4 is 27.6 Å². The van der Waals surface area contributed by atoms with Crippen LogP contribution in [0.1, 0.15) is 70.4 Å². The molecule has 1 atom stereocenters. The minimum absolute atomic E-state index is 0.146. The number of nitrogens with one attached hydrogen (secondary N) is 3. The summed E-state index contributed by atoms with van der Waals surface area (Å²) in [6.45, 7) is 3.86. The zero-order chi connectivity index (χ0) is 22.9. The van der Waals surface area contributed by atoms with E-state index in [0.29, 0.717) is 38.5 Å². The van der Waals surface area contributed by atoms with E-state index < -0.39 is 34.5 Å². The highest BCUT2D eigenvalue weighted by molar-refractivity contribution is 6.06. The Balaban J connectivity index is 1.84. The van der Waals surface area contributed by atoms with Crippen molar-refractivity contribution >= 4 is 17.8 Å². The van der Waals surface area contributed by atoms with Crippen LogP contribution in [-0.2, 0) is 11.3 Å². The van der Waals surface area contributed by atoms with Crippen molar-refractivity contribution in [1.82, 2.24) is 19.8 Å². The summed E-state index contributed by atoms with van der Waals surface area (Å²) in [4.78, 5) is 49.5. The van der Waals surface area contributed by atoms with Crippen LogP contribution in [-0.4, -0.2) is 37.6 Å². The van der Waals surface area contributed by atoms with E-state index in [1.54, 1.807) is 6.92 Å². The predicted molar refractivity (Wildman–Crippen MR) is 113 cm³/mol. The van der Waals surface area contributed by atoms with Gasteiger partial charge in [0.15, 0.2) is 0 Å². The minimum Gasteiger partial charge on any atom is -0.494 e. The highest BCUT2D eigenvalue weighted by Crippen LogP contribution is 2.36. The molecule has 2 aliphatic rings. The number of unbranched alkanes of at least 4 members (excludes halogenated alkanes) is 1. The van der Waals surface area contributed by atoms with Crippen LogP contribution in [0.4, 0.5) is 4.79 Å². The van der Waals surface area contributed by atoms with Gasteiger partial charge in [-0.15, -0.1) is 0 Å². The van der Waals surface area contributed by atoms with Crippen LogP contribution in [0.15, 0.2) is 9.59 Å². The van der Waals surface area contributed by atoms with E-state index in [9.17, 15) is 24.3 Å². The van der Waals surface area contributed by atoms with Crippen molar-refractivity contribution in [3.05, 3.63) is 26.4 Å². The summed E-state index contributed by atoms with van der Waals surface area (Å²) in [7, 11) is 0. The molecule has 11 heteroatoms. The molecular formula is C20H30N6O5. The number of nitrogen functional groups attached to an aromatic ring is 1. The molecule has 1 saturated carbocycles. The second-order valence-electron chi connectivity index (χ2n) is 8.69.